The Morgan fingerprint density at radius 2 is 1.35 bits per heavy atom. The van der Waals surface area contributed by atoms with E-state index in [-0.39, 0.29) is 17.1 Å². The summed E-state index contributed by atoms with van der Waals surface area (Å²) in [5.41, 5.74) is -1.73. The summed E-state index contributed by atoms with van der Waals surface area (Å²) in [5, 5.41) is 9.47. The van der Waals surface area contributed by atoms with Gasteiger partial charge in [0.25, 0.3) is 0 Å². The molecule has 152 valence electrons. The number of rotatable bonds is 10. The highest BCUT2D eigenvalue weighted by Crippen LogP contribution is 2.24. The highest BCUT2D eigenvalue weighted by Gasteiger charge is 2.34. The molecule has 0 unspecified atom stereocenters. The third-order valence-electron chi connectivity index (χ3n) is 3.85. The molecule has 0 aromatic heterocycles. The maximum atomic E-state index is 12.5. The van der Waals surface area contributed by atoms with Crippen molar-refractivity contribution in [1.82, 2.24) is 16.0 Å². The molecule has 0 saturated carbocycles. The predicted molar refractivity (Wildman–Crippen MR) is 107 cm³/mol. The molecule has 2 amide bonds. The second kappa shape index (κ2) is 8.89. The van der Waals surface area contributed by atoms with E-state index in [4.69, 9.17) is 4.74 Å². The van der Waals surface area contributed by atoms with Crippen LogP contribution in [0.25, 0.3) is 0 Å². The molecule has 0 aliphatic rings. The van der Waals surface area contributed by atoms with Gasteiger partial charge in [-0.25, -0.2) is 9.59 Å². The summed E-state index contributed by atoms with van der Waals surface area (Å²) >= 11 is 0. The molecule has 0 atom stereocenters. The van der Waals surface area contributed by atoms with Gasteiger partial charge in [-0.15, -0.1) is 0 Å². The third-order valence-corrected chi connectivity index (χ3v) is 3.85. The Morgan fingerprint density at radius 3 is 1.77 bits per heavy atom. The first-order valence-electron chi connectivity index (χ1n) is 9.24. The number of amides is 2. The molecule has 0 radical (unpaired) electrons. The van der Waals surface area contributed by atoms with Crippen LogP contribution in [0, 0.1) is 0 Å². The van der Waals surface area contributed by atoms with Crippen molar-refractivity contribution in [3.63, 3.8) is 0 Å². The van der Waals surface area contributed by atoms with Crippen molar-refractivity contribution in [2.75, 3.05) is 6.54 Å². The van der Waals surface area contributed by atoms with Gasteiger partial charge >= 0.3 is 12.0 Å². The highest BCUT2D eigenvalue weighted by molar-refractivity contribution is 5.81. The Hall–Kier alpha value is -1.56. The lowest BCUT2D eigenvalue weighted by atomic mass is 9.86. The standard InChI is InChI=1S/C20H39N3O3/c1-11-15(24)26-20(9,10)14-19(7,8)23-16(25)22-18(5,6)13-17(3,4)21-12-2/h11,21H,1,12-14H2,2-10H3,(H2,22,23,25). The first-order valence-corrected chi connectivity index (χ1v) is 9.24. The van der Waals surface area contributed by atoms with Gasteiger partial charge in [-0.1, -0.05) is 13.5 Å². The van der Waals surface area contributed by atoms with Crippen molar-refractivity contribution in [3.8, 4) is 0 Å². The van der Waals surface area contributed by atoms with Gasteiger partial charge in [0.15, 0.2) is 0 Å². The van der Waals surface area contributed by atoms with E-state index >= 15 is 0 Å². The number of carbonyl (C=O) groups excluding carboxylic acids is 2. The average Bonchev–Trinajstić information content (AvgIpc) is 2.32. The molecule has 0 aliphatic heterocycles. The number of hydrogen-bond acceptors (Lipinski definition) is 4. The number of urea groups is 1. The zero-order valence-electron chi connectivity index (χ0n) is 18.1. The van der Waals surface area contributed by atoms with Crippen LogP contribution in [-0.2, 0) is 9.53 Å². The molecule has 6 nitrogen and oxygen atoms in total. The van der Waals surface area contributed by atoms with Crippen LogP contribution in [0.5, 0.6) is 0 Å². The van der Waals surface area contributed by atoms with Crippen molar-refractivity contribution in [3.05, 3.63) is 12.7 Å². The van der Waals surface area contributed by atoms with E-state index in [2.05, 4.69) is 43.3 Å². The van der Waals surface area contributed by atoms with Gasteiger partial charge in [0, 0.05) is 29.1 Å². The Bertz CT molecular complexity index is 508. The number of nitrogens with one attached hydrogen (secondary N) is 3. The van der Waals surface area contributed by atoms with E-state index in [9.17, 15) is 9.59 Å². The highest BCUT2D eigenvalue weighted by atomic mass is 16.6. The van der Waals surface area contributed by atoms with Gasteiger partial charge in [-0.2, -0.15) is 0 Å². The van der Waals surface area contributed by atoms with E-state index < -0.39 is 17.1 Å². The van der Waals surface area contributed by atoms with Gasteiger partial charge in [0.05, 0.1) is 0 Å². The molecular formula is C20H39N3O3. The Balaban J connectivity index is 4.82. The van der Waals surface area contributed by atoms with Crippen LogP contribution in [0.3, 0.4) is 0 Å². The second-order valence-electron chi connectivity index (χ2n) is 9.50. The molecule has 0 bridgehead atoms. The third kappa shape index (κ3) is 10.4. The van der Waals surface area contributed by atoms with Crippen molar-refractivity contribution >= 4 is 12.0 Å². The summed E-state index contributed by atoms with van der Waals surface area (Å²) in [4.78, 5) is 24.0. The molecular weight excluding hydrogens is 330 g/mol. The minimum atomic E-state index is -0.718. The van der Waals surface area contributed by atoms with Crippen LogP contribution in [0.2, 0.25) is 0 Å². The van der Waals surface area contributed by atoms with E-state index in [1.165, 1.54) is 0 Å². The SMILES string of the molecule is C=CC(=O)OC(C)(C)CC(C)(C)NC(=O)NC(C)(C)CC(C)(C)NCC. The van der Waals surface area contributed by atoms with E-state index in [0.717, 1.165) is 19.0 Å². The minimum absolute atomic E-state index is 0.0814. The Labute approximate surface area is 159 Å². The van der Waals surface area contributed by atoms with Gasteiger partial charge < -0.3 is 20.7 Å². The van der Waals surface area contributed by atoms with Gasteiger partial charge in [0.1, 0.15) is 5.60 Å². The lowest BCUT2D eigenvalue weighted by Gasteiger charge is -2.38. The van der Waals surface area contributed by atoms with Crippen molar-refractivity contribution < 1.29 is 14.3 Å². The fraction of sp³-hybridized carbons (Fsp3) is 0.800. The van der Waals surface area contributed by atoms with Crippen LogP contribution < -0.4 is 16.0 Å². The maximum Gasteiger partial charge on any atom is 0.330 e. The molecule has 0 spiro atoms. The molecule has 26 heavy (non-hydrogen) atoms. The number of ether oxygens (including phenoxy) is 1. The molecule has 0 aliphatic carbocycles. The van der Waals surface area contributed by atoms with Gasteiger partial charge in [-0.3, -0.25) is 0 Å². The lowest BCUT2D eigenvalue weighted by molar-refractivity contribution is -0.151. The average molecular weight is 370 g/mol. The van der Waals surface area contributed by atoms with Crippen LogP contribution in [0.15, 0.2) is 12.7 Å². The van der Waals surface area contributed by atoms with E-state index in [1.54, 1.807) is 0 Å². The quantitative estimate of drug-likeness (QED) is 0.407. The van der Waals surface area contributed by atoms with E-state index in [1.807, 2.05) is 41.5 Å². The van der Waals surface area contributed by atoms with Crippen LogP contribution >= 0.6 is 0 Å². The van der Waals surface area contributed by atoms with Crippen molar-refractivity contribution in [1.29, 1.82) is 0 Å². The summed E-state index contributed by atoms with van der Waals surface area (Å²) < 4.78 is 5.36. The van der Waals surface area contributed by atoms with Crippen molar-refractivity contribution in [2.24, 2.45) is 0 Å². The Kier molecular flexibility index (Phi) is 8.36. The summed E-state index contributed by atoms with van der Waals surface area (Å²) in [5.74, 6) is -0.470. The topological polar surface area (TPSA) is 79.5 Å². The second-order valence-corrected chi connectivity index (χ2v) is 9.50. The summed E-state index contributed by atoms with van der Waals surface area (Å²) in [6.07, 6.45) is 2.39. The van der Waals surface area contributed by atoms with E-state index in [0.29, 0.717) is 6.42 Å². The molecule has 0 heterocycles. The van der Waals surface area contributed by atoms with Crippen LogP contribution in [0.1, 0.15) is 75.2 Å². The van der Waals surface area contributed by atoms with Gasteiger partial charge in [-0.05, 0) is 68.4 Å². The monoisotopic (exact) mass is 369 g/mol. The fourth-order valence-electron chi connectivity index (χ4n) is 3.79. The minimum Gasteiger partial charge on any atom is -0.456 e. The molecule has 0 saturated heterocycles. The van der Waals surface area contributed by atoms with Crippen LogP contribution in [-0.4, -0.2) is 40.8 Å². The molecule has 0 aromatic carbocycles. The Morgan fingerprint density at radius 1 is 0.885 bits per heavy atom. The molecule has 6 heteroatoms. The number of hydrogen-bond donors (Lipinski definition) is 3. The van der Waals surface area contributed by atoms with Crippen molar-refractivity contribution in [2.45, 2.75) is 97.4 Å². The maximum absolute atomic E-state index is 12.5. The zero-order chi connectivity index (χ0) is 20.8. The molecule has 0 aromatic rings. The smallest absolute Gasteiger partial charge is 0.330 e. The predicted octanol–water partition coefficient (Wildman–Crippen LogP) is 3.52. The summed E-state index contributed by atoms with van der Waals surface area (Å²) in [7, 11) is 0. The molecule has 0 fully saturated rings. The first-order chi connectivity index (χ1) is 11.5. The normalized spacial score (nSPS) is 13.1. The molecule has 0 rings (SSSR count). The fourth-order valence-corrected chi connectivity index (χ4v) is 3.79. The van der Waals surface area contributed by atoms with Crippen LogP contribution in [0.4, 0.5) is 4.79 Å². The summed E-state index contributed by atoms with van der Waals surface area (Å²) in [6.45, 7) is 22.1. The van der Waals surface area contributed by atoms with Gasteiger partial charge in [0.2, 0.25) is 0 Å². The molecule has 3 N–H and O–H groups in total. The lowest BCUT2D eigenvalue weighted by Crippen LogP contribution is -2.58. The number of carbonyl (C=O) groups is 2. The first kappa shape index (κ1) is 24.4. The number of esters is 1. The largest absolute Gasteiger partial charge is 0.456 e. The summed E-state index contributed by atoms with van der Waals surface area (Å²) in [6, 6.07) is -0.238. The zero-order valence-corrected chi connectivity index (χ0v) is 18.1.